The molecule has 19 atom stereocenters. The fourth-order valence-corrected chi connectivity index (χ4v) is 22.3. The molecular weight excluding hydrogens is 1780 g/mol. The number of aliphatic hydroxyl groups is 3. The third-order valence-corrected chi connectivity index (χ3v) is 29.3. The quantitative estimate of drug-likeness (QED) is 0.00505. The van der Waals surface area contributed by atoms with Crippen molar-refractivity contribution in [3.63, 3.8) is 0 Å². The number of nitrogens with zero attached hydrogens (tertiary/aromatic N) is 4. The summed E-state index contributed by atoms with van der Waals surface area (Å²) in [5, 5.41) is 44.1. The molecule has 10 aliphatic rings. The summed E-state index contributed by atoms with van der Waals surface area (Å²) in [6.07, 6.45) is 12.4. The molecule has 7 aromatic rings. The van der Waals surface area contributed by atoms with Gasteiger partial charge in [0.05, 0.1) is 155 Å². The minimum absolute atomic E-state index is 0.0370. The monoisotopic (exact) mass is 1910 g/mol. The maximum absolute atomic E-state index is 14.8. The van der Waals surface area contributed by atoms with Crippen LogP contribution < -0.4 is 11.5 Å². The van der Waals surface area contributed by atoms with Crippen molar-refractivity contribution in [1.82, 2.24) is 0 Å². The first kappa shape index (κ1) is 107. The second-order valence-electron chi connectivity index (χ2n) is 34.8. The minimum atomic E-state index is -0.930. The van der Waals surface area contributed by atoms with Crippen LogP contribution in [0.15, 0.2) is 228 Å². The lowest BCUT2D eigenvalue weighted by molar-refractivity contribution is 0.0461. The van der Waals surface area contributed by atoms with Crippen LogP contribution in [0.4, 0.5) is 22.0 Å². The Hall–Kier alpha value is -8.60. The van der Waals surface area contributed by atoms with E-state index in [0.29, 0.717) is 114 Å². The molecule has 10 aliphatic heterocycles. The molecule has 0 radical (unpaired) electrons. The van der Waals surface area contributed by atoms with E-state index in [1.54, 1.807) is 96.7 Å². The molecule has 7 saturated heterocycles. The Kier molecular flexibility index (Phi) is 41.9. The predicted molar refractivity (Wildman–Crippen MR) is 523 cm³/mol. The van der Waals surface area contributed by atoms with E-state index in [-0.39, 0.29) is 152 Å². The Morgan fingerprint density at radius 1 is 0.537 bits per heavy atom. The highest BCUT2D eigenvalue weighted by Crippen LogP contribution is 2.53. The minimum Gasteiger partial charge on any atom is -0.411 e. The van der Waals surface area contributed by atoms with Crippen molar-refractivity contribution in [2.75, 3.05) is 90.8 Å². The van der Waals surface area contributed by atoms with Crippen molar-refractivity contribution in [2.24, 2.45) is 67.3 Å². The summed E-state index contributed by atoms with van der Waals surface area (Å²) in [6, 6.07) is 51.9. The first-order valence-corrected chi connectivity index (χ1v) is 49.0. The number of nitrogens with two attached hydrogens (primary N) is 2. The first-order chi connectivity index (χ1) is 64.8. The number of hydrogen-bond donors (Lipinski definition) is 6. The number of aliphatic hydroxyl groups excluding tert-OH is 3. The molecule has 0 aromatic heterocycles. The summed E-state index contributed by atoms with van der Waals surface area (Å²) in [5.41, 5.74) is 14.1. The van der Waals surface area contributed by atoms with Crippen molar-refractivity contribution in [1.29, 1.82) is 0 Å². The van der Waals surface area contributed by atoms with E-state index in [1.165, 1.54) is 54.4 Å². The molecule has 10 heterocycles. The van der Waals surface area contributed by atoms with Crippen LogP contribution in [0.3, 0.4) is 0 Å². The SMILES string of the molecule is C=CC(CC)OC/C=N/O.C=CC(O)CC.CC[C@H]1OCC2=NOC[C@@H]21.CC[C@H]1OC[C@@](CC(=S)CC(=O)c2ccccc2)(c2ccccc2F)[C@@H]1CO.CC[C@H]1OC[C@@](N)(c2ccccc2F)[C@@H]1CO.CC[C@H]1OC[C@]2(c3ccccc3F)COC[C@H]12.CC[C@H]1OC[C@]2(c3ccccc3F)N=C(CC(=O)c3ccccc3)SC[C@H]12.CC[C@H]1OC[C@]2(c3ccccc3F)N=C(N)SC[C@H]12. The number of Topliss-reactive ketones (excluding diaryl/α,β-unsaturated/α-hetero) is 2. The van der Waals surface area contributed by atoms with Crippen LogP contribution >= 0.6 is 35.7 Å². The molecule has 726 valence electrons. The van der Waals surface area contributed by atoms with Gasteiger partial charge in [-0.25, -0.2) is 26.9 Å². The Labute approximate surface area is 799 Å². The van der Waals surface area contributed by atoms with Gasteiger partial charge in [-0.3, -0.25) is 14.6 Å². The Balaban J connectivity index is 0.000000164. The van der Waals surface area contributed by atoms with E-state index < -0.39 is 22.0 Å². The van der Waals surface area contributed by atoms with Gasteiger partial charge in [0.1, 0.15) is 46.8 Å². The van der Waals surface area contributed by atoms with Gasteiger partial charge < -0.3 is 74.7 Å². The summed E-state index contributed by atoms with van der Waals surface area (Å²) < 4.78 is 117. The van der Waals surface area contributed by atoms with Crippen LogP contribution in [0.25, 0.3) is 0 Å². The van der Waals surface area contributed by atoms with E-state index in [0.717, 1.165) is 85.8 Å². The fraction of sp³-hybridized carbons (Fsp3) is 0.495. The zero-order valence-corrected chi connectivity index (χ0v) is 80.5. The molecule has 0 bridgehead atoms. The maximum Gasteiger partial charge on any atom is 0.169 e. The second kappa shape index (κ2) is 52.3. The van der Waals surface area contributed by atoms with Gasteiger partial charge in [0.15, 0.2) is 16.7 Å². The highest BCUT2D eigenvalue weighted by atomic mass is 32.2. The van der Waals surface area contributed by atoms with Crippen molar-refractivity contribution in [2.45, 2.75) is 202 Å². The van der Waals surface area contributed by atoms with Crippen LogP contribution in [0.5, 0.6) is 0 Å². The zero-order valence-electron chi connectivity index (χ0n) is 78.1. The smallest absolute Gasteiger partial charge is 0.169 e. The molecule has 7 fully saturated rings. The van der Waals surface area contributed by atoms with Gasteiger partial charge in [-0.2, -0.15) is 0 Å². The predicted octanol–water partition coefficient (Wildman–Crippen LogP) is 19.0. The largest absolute Gasteiger partial charge is 0.411 e. The first-order valence-electron chi connectivity index (χ1n) is 46.6. The lowest BCUT2D eigenvalue weighted by Gasteiger charge is -2.36. The average molecular weight is 1910 g/mol. The summed E-state index contributed by atoms with van der Waals surface area (Å²) in [5.74, 6) is 0.829. The van der Waals surface area contributed by atoms with Gasteiger partial charge in [0.25, 0.3) is 0 Å². The van der Waals surface area contributed by atoms with E-state index >= 15 is 0 Å². The lowest BCUT2D eigenvalue weighted by Crippen LogP contribution is -2.47. The number of amidine groups is 1. The molecule has 2 unspecified atom stereocenters. The molecule has 7 aromatic carbocycles. The van der Waals surface area contributed by atoms with Crippen LogP contribution in [0, 0.1) is 64.6 Å². The number of aliphatic imine (C=N–C) groups is 2. The van der Waals surface area contributed by atoms with Crippen LogP contribution in [-0.4, -0.2) is 199 Å². The topological polar surface area (TPSA) is 300 Å². The Morgan fingerprint density at radius 3 is 1.49 bits per heavy atom. The third kappa shape index (κ3) is 25.7. The molecule has 17 rings (SSSR count). The molecule has 0 saturated carbocycles. The molecule has 0 spiro atoms. The maximum atomic E-state index is 14.8. The zero-order chi connectivity index (χ0) is 96.6. The number of benzene rings is 7. The highest BCUT2D eigenvalue weighted by molar-refractivity contribution is 8.14. The number of carbonyl (C=O) groups is 2. The van der Waals surface area contributed by atoms with Gasteiger partial charge >= 0.3 is 0 Å². The number of thiocarbonyl (C=S) groups is 1. The number of oxime groups is 2. The number of carbonyl (C=O) groups excluding carboxylic acids is 2. The van der Waals surface area contributed by atoms with Gasteiger partial charge in [0, 0.05) is 92.2 Å². The lowest BCUT2D eigenvalue weighted by atomic mass is 9.67. The van der Waals surface area contributed by atoms with Gasteiger partial charge in [0.2, 0.25) is 0 Å². The normalized spacial score (nSPS) is 28.5. The van der Waals surface area contributed by atoms with Gasteiger partial charge in [-0.05, 0) is 99.2 Å². The average Bonchev–Trinajstić information content (AvgIpc) is 1.58. The van der Waals surface area contributed by atoms with Gasteiger partial charge in [-0.15, -0.1) is 24.9 Å². The summed E-state index contributed by atoms with van der Waals surface area (Å²) in [6.45, 7) is 27.9. The molecule has 0 amide bonds. The second-order valence-corrected chi connectivity index (χ2v) is 37.5. The van der Waals surface area contributed by atoms with Crippen molar-refractivity contribution >= 4 is 74.3 Å². The summed E-state index contributed by atoms with van der Waals surface area (Å²) >= 11 is 8.72. The molecule has 8 N–H and O–H groups in total. The number of halogens is 5. The molecule has 0 aliphatic carbocycles. The Morgan fingerprint density at radius 2 is 1.00 bits per heavy atom. The number of ketones is 2. The molecular formula is C105H133F5N6O15S3. The van der Waals surface area contributed by atoms with Crippen molar-refractivity contribution < 1.29 is 94.8 Å². The third-order valence-electron chi connectivity index (χ3n) is 27.0. The highest BCUT2D eigenvalue weighted by Gasteiger charge is 2.58. The van der Waals surface area contributed by atoms with Crippen LogP contribution in [0.2, 0.25) is 0 Å². The molecule has 134 heavy (non-hydrogen) atoms. The standard InChI is InChI=1S/C23H25FO3S.C22H22FNO2S.C14H17FN2OS.C14H17FO2.C13H18FNO2.C7H11NO2.C7H13NO2.C5H10O/c1-2-22-19(14-25)23(15-27-22,18-10-6-7-11-20(18)24)13-17(28)12-21(26)16-8-4-3-5-9-16;1-2-20-17-13-27-21(12-19(25)15-8-4-3-5-9-15)24-22(17,14-26-20)16-10-6-7-11-18(16)23;1-2-12-10-7-19-13(16)17-14(10,8-18-12)9-5-3-4-6-11(9)15;1-2-13-11-7-16-8-14(11,9-17-13)10-5-3-4-6-12(10)15;1-2-12-10(7-16)13(15,8-17-12)9-5-3-4-6-11(9)14;1-2-7-5-3-10-8-6(5)4-9-7;1-3-7(4-2)10-6-5-8-9;1-3-5(6)4-2/h3-11,19,22,25H,2,12-15H2,1H3;3-11,17,20H,2,12-14H2,1H3;3-6,10,12H,2,7-8H2,1H3,(H2,16,17);3-6,11,13H,2,7-9H2,1H3;3-6,10,12,16H,2,7-8,15H2,1H3;5,7H,2-4H2,1H3;3,5,7,9H,1,4,6H2,2H3;3,5-6H,1,4H2,2H3/b;;;;;;8-5+;/t19-,22-,23+;17-,20-,22-;10-,12-,14-;11-,13-,14+;10-,12-,13-;5-,7+;;/m111110../s1. The van der Waals surface area contributed by atoms with Gasteiger partial charge in [-0.1, -0.05) is 253 Å². The number of hydrogen-bond acceptors (Lipinski definition) is 24. The van der Waals surface area contributed by atoms with E-state index in [4.69, 9.17) is 81.7 Å². The van der Waals surface area contributed by atoms with Crippen molar-refractivity contribution in [3.05, 3.63) is 275 Å². The van der Waals surface area contributed by atoms with Crippen LogP contribution in [-0.2, 0) is 70.2 Å². The van der Waals surface area contributed by atoms with Crippen molar-refractivity contribution in [3.8, 4) is 0 Å². The number of thioether (sulfide) groups is 2. The van der Waals surface area contributed by atoms with Crippen LogP contribution in [0.1, 0.15) is 175 Å². The number of rotatable bonds is 28. The molecule has 29 heteroatoms. The summed E-state index contributed by atoms with van der Waals surface area (Å²) in [4.78, 5) is 40.3. The van der Waals surface area contributed by atoms with E-state index in [9.17, 15) is 41.8 Å². The fourth-order valence-electron chi connectivity index (χ4n) is 19.5. The molecule has 21 nitrogen and oxygen atoms in total. The Bertz CT molecular complexity index is 5050. The van der Waals surface area contributed by atoms with E-state index in [2.05, 4.69) is 56.2 Å². The number of fused-ring (bicyclic) bond motifs is 4. The van der Waals surface area contributed by atoms with E-state index in [1.807, 2.05) is 100 Å². The summed E-state index contributed by atoms with van der Waals surface area (Å²) in [7, 11) is 0. The number of ether oxygens (including phenoxy) is 8.